The number of rotatable bonds is 7. The molecule has 0 aromatic heterocycles. The quantitative estimate of drug-likeness (QED) is 0.212. The Balaban J connectivity index is 1.89. The SMILES string of the molecule is O=CC(N=C(c1ccccc1)c1ccccc1)C(c1cccc(Cl)c1)c1cccc(Cl)c1. The van der Waals surface area contributed by atoms with E-state index in [0.29, 0.717) is 10.0 Å². The Hall–Kier alpha value is -3.20. The van der Waals surface area contributed by atoms with E-state index in [-0.39, 0.29) is 5.92 Å². The van der Waals surface area contributed by atoms with E-state index in [1.54, 1.807) is 0 Å². The number of aliphatic imine (C=N–C) groups is 1. The third-order valence-corrected chi connectivity index (χ3v) is 5.74. The molecule has 0 fully saturated rings. The van der Waals surface area contributed by atoms with Crippen LogP contribution in [0, 0.1) is 0 Å². The van der Waals surface area contributed by atoms with Crippen LogP contribution in [0.25, 0.3) is 0 Å². The first kappa shape index (κ1) is 22.0. The Labute approximate surface area is 198 Å². The summed E-state index contributed by atoms with van der Waals surface area (Å²) in [5.41, 5.74) is 4.46. The lowest BCUT2D eigenvalue weighted by Crippen LogP contribution is -2.22. The number of carbonyl (C=O) groups excluding carboxylic acids is 1. The van der Waals surface area contributed by atoms with Gasteiger partial charge in [0.2, 0.25) is 0 Å². The van der Waals surface area contributed by atoms with Gasteiger partial charge in [-0.15, -0.1) is 0 Å². The van der Waals surface area contributed by atoms with E-state index < -0.39 is 6.04 Å². The van der Waals surface area contributed by atoms with Crippen molar-refractivity contribution < 1.29 is 4.79 Å². The third-order valence-electron chi connectivity index (χ3n) is 5.27. The summed E-state index contributed by atoms with van der Waals surface area (Å²) >= 11 is 12.6. The van der Waals surface area contributed by atoms with Crippen LogP contribution in [0.3, 0.4) is 0 Å². The highest BCUT2D eigenvalue weighted by atomic mass is 35.5. The molecule has 0 bridgehead atoms. The van der Waals surface area contributed by atoms with Crippen LogP contribution in [0.1, 0.15) is 28.2 Å². The summed E-state index contributed by atoms with van der Waals surface area (Å²) in [5.74, 6) is -0.340. The Morgan fingerprint density at radius 3 is 1.53 bits per heavy atom. The molecule has 2 nitrogen and oxygen atoms in total. The molecule has 4 aromatic rings. The van der Waals surface area contributed by atoms with Gasteiger partial charge in [0.05, 0.1) is 5.71 Å². The van der Waals surface area contributed by atoms with E-state index in [2.05, 4.69) is 0 Å². The van der Waals surface area contributed by atoms with E-state index in [0.717, 1.165) is 34.3 Å². The molecule has 4 heteroatoms. The molecule has 0 aliphatic heterocycles. The van der Waals surface area contributed by atoms with Crippen molar-refractivity contribution in [1.29, 1.82) is 0 Å². The summed E-state index contributed by atoms with van der Waals surface area (Å²) in [6.45, 7) is 0. The predicted octanol–water partition coefficient (Wildman–Crippen LogP) is 7.23. The maximum absolute atomic E-state index is 12.5. The highest BCUT2D eigenvalue weighted by Gasteiger charge is 2.26. The molecule has 0 saturated carbocycles. The minimum absolute atomic E-state index is 0.340. The van der Waals surface area contributed by atoms with E-state index in [4.69, 9.17) is 28.2 Å². The van der Waals surface area contributed by atoms with Gasteiger partial charge in [-0.3, -0.25) is 4.99 Å². The van der Waals surface area contributed by atoms with E-state index in [1.165, 1.54) is 0 Å². The van der Waals surface area contributed by atoms with Crippen molar-refractivity contribution in [3.63, 3.8) is 0 Å². The van der Waals surface area contributed by atoms with Crippen molar-refractivity contribution in [1.82, 2.24) is 0 Å². The summed E-state index contributed by atoms with van der Waals surface area (Å²) < 4.78 is 0. The molecule has 0 amide bonds. The maximum Gasteiger partial charge on any atom is 0.145 e. The minimum atomic E-state index is -0.678. The molecule has 1 unspecified atom stereocenters. The first-order valence-electron chi connectivity index (χ1n) is 10.3. The van der Waals surface area contributed by atoms with Crippen LogP contribution in [0.5, 0.6) is 0 Å². The molecule has 0 saturated heterocycles. The zero-order valence-corrected chi connectivity index (χ0v) is 18.7. The molecule has 32 heavy (non-hydrogen) atoms. The second-order valence-corrected chi connectivity index (χ2v) is 8.30. The lowest BCUT2D eigenvalue weighted by molar-refractivity contribution is -0.109. The van der Waals surface area contributed by atoms with Crippen molar-refractivity contribution >= 4 is 35.2 Å². The summed E-state index contributed by atoms with van der Waals surface area (Å²) in [7, 11) is 0. The number of aldehydes is 1. The van der Waals surface area contributed by atoms with Crippen LogP contribution in [0.15, 0.2) is 114 Å². The first-order chi connectivity index (χ1) is 15.7. The monoisotopic (exact) mass is 457 g/mol. The van der Waals surface area contributed by atoms with Gasteiger partial charge in [0.25, 0.3) is 0 Å². The molecule has 0 aliphatic carbocycles. The topological polar surface area (TPSA) is 29.4 Å². The molecule has 158 valence electrons. The molecule has 0 heterocycles. The number of carbonyl (C=O) groups is 1. The number of benzene rings is 4. The molecule has 0 N–H and O–H groups in total. The molecule has 4 rings (SSSR count). The fourth-order valence-corrected chi connectivity index (χ4v) is 4.22. The van der Waals surface area contributed by atoms with Gasteiger partial charge in [-0.1, -0.05) is 108 Å². The summed E-state index contributed by atoms with van der Waals surface area (Å²) in [5, 5.41) is 1.21. The van der Waals surface area contributed by atoms with Gasteiger partial charge in [-0.05, 0) is 35.4 Å². The normalized spacial score (nSPS) is 11.7. The maximum atomic E-state index is 12.5. The van der Waals surface area contributed by atoms with Gasteiger partial charge < -0.3 is 4.79 Å². The zero-order chi connectivity index (χ0) is 22.3. The summed E-state index contributed by atoms with van der Waals surface area (Å²) in [6, 6.07) is 34.2. The lowest BCUT2D eigenvalue weighted by Gasteiger charge is -2.23. The van der Waals surface area contributed by atoms with Crippen molar-refractivity contribution in [2.24, 2.45) is 4.99 Å². The van der Waals surface area contributed by atoms with Crippen molar-refractivity contribution in [3.8, 4) is 0 Å². The van der Waals surface area contributed by atoms with Crippen LogP contribution in [-0.4, -0.2) is 18.0 Å². The van der Waals surface area contributed by atoms with E-state index in [1.807, 2.05) is 109 Å². The molecular formula is C28H21Cl2NO. The fraction of sp³-hybridized carbons (Fsp3) is 0.0714. The van der Waals surface area contributed by atoms with Crippen LogP contribution >= 0.6 is 23.2 Å². The Morgan fingerprint density at radius 1 is 0.656 bits per heavy atom. The van der Waals surface area contributed by atoms with Crippen LogP contribution in [-0.2, 0) is 4.79 Å². The summed E-state index contributed by atoms with van der Waals surface area (Å²) in [6.07, 6.45) is 0.901. The van der Waals surface area contributed by atoms with Crippen LogP contribution in [0.2, 0.25) is 10.0 Å². The largest absolute Gasteiger partial charge is 0.301 e. The van der Waals surface area contributed by atoms with Gasteiger partial charge >= 0.3 is 0 Å². The Kier molecular flexibility index (Phi) is 7.16. The summed E-state index contributed by atoms with van der Waals surface area (Å²) in [4.78, 5) is 17.5. The molecule has 0 aliphatic rings. The highest BCUT2D eigenvalue weighted by Crippen LogP contribution is 2.33. The predicted molar refractivity (Wildman–Crippen MR) is 133 cm³/mol. The van der Waals surface area contributed by atoms with Crippen LogP contribution in [0.4, 0.5) is 0 Å². The molecule has 0 radical (unpaired) electrons. The van der Waals surface area contributed by atoms with E-state index in [9.17, 15) is 4.79 Å². The smallest absolute Gasteiger partial charge is 0.145 e. The average molecular weight is 458 g/mol. The van der Waals surface area contributed by atoms with Crippen molar-refractivity contribution in [2.75, 3.05) is 0 Å². The average Bonchev–Trinajstić information content (AvgIpc) is 2.83. The standard InChI is InChI=1S/C28H21Cl2NO/c29-24-15-7-13-22(17-24)27(23-14-8-16-25(30)18-23)26(19-32)31-28(20-9-3-1-4-10-20)21-11-5-2-6-12-21/h1-19,26-27H. The second-order valence-electron chi connectivity index (χ2n) is 7.42. The van der Waals surface area contributed by atoms with Gasteiger partial charge in [0.15, 0.2) is 0 Å². The number of hydrogen-bond donors (Lipinski definition) is 0. The number of hydrogen-bond acceptors (Lipinski definition) is 2. The van der Waals surface area contributed by atoms with Gasteiger partial charge in [-0.25, -0.2) is 0 Å². The second kappa shape index (κ2) is 10.4. The molecule has 0 spiro atoms. The lowest BCUT2D eigenvalue weighted by atomic mass is 9.85. The Morgan fingerprint density at radius 2 is 1.12 bits per heavy atom. The van der Waals surface area contributed by atoms with E-state index >= 15 is 0 Å². The first-order valence-corrected chi connectivity index (χ1v) is 11.1. The van der Waals surface area contributed by atoms with Gasteiger partial charge in [0.1, 0.15) is 12.3 Å². The van der Waals surface area contributed by atoms with Crippen LogP contribution < -0.4 is 0 Å². The fourth-order valence-electron chi connectivity index (χ4n) is 3.83. The van der Waals surface area contributed by atoms with Gasteiger partial charge in [0, 0.05) is 27.1 Å². The number of halogens is 2. The zero-order valence-electron chi connectivity index (χ0n) is 17.2. The van der Waals surface area contributed by atoms with Gasteiger partial charge in [-0.2, -0.15) is 0 Å². The van der Waals surface area contributed by atoms with Crippen molar-refractivity contribution in [3.05, 3.63) is 141 Å². The molecule has 4 aromatic carbocycles. The molecule has 1 atom stereocenters. The third kappa shape index (κ3) is 5.16. The number of nitrogens with zero attached hydrogens (tertiary/aromatic N) is 1. The highest BCUT2D eigenvalue weighted by molar-refractivity contribution is 6.31. The van der Waals surface area contributed by atoms with Crippen molar-refractivity contribution in [2.45, 2.75) is 12.0 Å². The minimum Gasteiger partial charge on any atom is -0.301 e. The molecular weight excluding hydrogens is 437 g/mol. The Bertz CT molecular complexity index is 1140.